The number of likely N-dealkylation sites (tertiary alicyclic amines) is 1. The van der Waals surface area contributed by atoms with Crippen LogP contribution in [0.2, 0.25) is 5.02 Å². The van der Waals surface area contributed by atoms with E-state index >= 15 is 0 Å². The average Bonchev–Trinajstić information content (AvgIpc) is 3.25. The van der Waals surface area contributed by atoms with Crippen molar-refractivity contribution in [2.75, 3.05) is 18.4 Å². The summed E-state index contributed by atoms with van der Waals surface area (Å²) in [6.07, 6.45) is 3.09. The number of hydrogen-bond donors (Lipinski definition) is 4. The van der Waals surface area contributed by atoms with Crippen molar-refractivity contribution in [2.24, 2.45) is 0 Å². The van der Waals surface area contributed by atoms with Gasteiger partial charge < -0.3 is 10.6 Å². The van der Waals surface area contributed by atoms with Crippen LogP contribution in [0.15, 0.2) is 48.5 Å². The Labute approximate surface area is 187 Å². The van der Waals surface area contributed by atoms with Crippen molar-refractivity contribution in [3.8, 4) is 0 Å². The summed E-state index contributed by atoms with van der Waals surface area (Å²) < 4.78 is 0. The molecule has 0 aliphatic carbocycles. The highest BCUT2D eigenvalue weighted by Gasteiger charge is 2.32. The summed E-state index contributed by atoms with van der Waals surface area (Å²) in [5.41, 5.74) is 9.32. The van der Waals surface area contributed by atoms with E-state index in [1.807, 2.05) is 12.1 Å². The Morgan fingerprint density at radius 1 is 1.00 bits per heavy atom. The summed E-state index contributed by atoms with van der Waals surface area (Å²) in [7, 11) is 0. The van der Waals surface area contributed by atoms with Gasteiger partial charge in [0.15, 0.2) is 0 Å². The summed E-state index contributed by atoms with van der Waals surface area (Å²) >= 11 is 5.99. The largest absolute Gasteiger partial charge is 0.349 e. The van der Waals surface area contributed by atoms with Crippen molar-refractivity contribution in [3.05, 3.63) is 64.7 Å². The van der Waals surface area contributed by atoms with Crippen LogP contribution in [0.25, 0.3) is 0 Å². The summed E-state index contributed by atoms with van der Waals surface area (Å²) in [4.78, 5) is 26.1. The van der Waals surface area contributed by atoms with Crippen molar-refractivity contribution in [1.29, 1.82) is 0 Å². The molecule has 0 bridgehead atoms. The highest BCUT2D eigenvalue weighted by molar-refractivity contribution is 6.30. The van der Waals surface area contributed by atoms with Crippen LogP contribution >= 0.6 is 11.6 Å². The summed E-state index contributed by atoms with van der Waals surface area (Å²) in [5.74, 6) is -0.202. The van der Waals surface area contributed by atoms with E-state index < -0.39 is 0 Å². The molecule has 0 spiro atoms. The maximum atomic E-state index is 12.6. The Hall–Kier alpha value is -2.45. The summed E-state index contributed by atoms with van der Waals surface area (Å²) in [5, 5.41) is 6.60. The lowest BCUT2D eigenvalue weighted by atomic mass is 10.0. The number of rotatable bonds is 5. The van der Waals surface area contributed by atoms with Crippen molar-refractivity contribution < 1.29 is 9.59 Å². The zero-order chi connectivity index (χ0) is 21.8. The molecule has 2 aliphatic heterocycles. The third-order valence-electron chi connectivity index (χ3n) is 5.93. The zero-order valence-corrected chi connectivity index (χ0v) is 18.3. The monoisotopic (exact) mass is 441 g/mol. The molecule has 164 valence electrons. The number of hydrazine groups is 1. The molecule has 4 rings (SSSR count). The first-order valence-electron chi connectivity index (χ1n) is 10.7. The molecule has 2 aromatic rings. The van der Waals surface area contributed by atoms with Crippen LogP contribution in [0.3, 0.4) is 0 Å². The SMILES string of the molecule is CC(=O)Nc1ccc(C(=O)NC2CCN(C3CC(c4ccc(Cl)cc4)NN3)CC2)cc1. The topological polar surface area (TPSA) is 85.5 Å². The maximum absolute atomic E-state index is 12.6. The van der Waals surface area contributed by atoms with Crippen LogP contribution in [-0.4, -0.2) is 42.0 Å². The maximum Gasteiger partial charge on any atom is 0.251 e. The molecule has 2 unspecified atom stereocenters. The smallest absolute Gasteiger partial charge is 0.251 e. The molecule has 2 fully saturated rings. The van der Waals surface area contributed by atoms with E-state index in [2.05, 4.69) is 38.5 Å². The first kappa shape index (κ1) is 21.8. The van der Waals surface area contributed by atoms with Gasteiger partial charge in [-0.1, -0.05) is 23.7 Å². The minimum absolute atomic E-state index is 0.0729. The van der Waals surface area contributed by atoms with E-state index in [1.165, 1.54) is 12.5 Å². The first-order valence-corrected chi connectivity index (χ1v) is 11.0. The van der Waals surface area contributed by atoms with Crippen LogP contribution in [-0.2, 0) is 4.79 Å². The summed E-state index contributed by atoms with van der Waals surface area (Å²) in [6.45, 7) is 3.32. The Balaban J connectivity index is 1.24. The quantitative estimate of drug-likeness (QED) is 0.573. The number of carbonyl (C=O) groups excluding carboxylic acids is 2. The van der Waals surface area contributed by atoms with Gasteiger partial charge in [0.25, 0.3) is 5.91 Å². The highest BCUT2D eigenvalue weighted by atomic mass is 35.5. The van der Waals surface area contributed by atoms with Crippen molar-refractivity contribution in [2.45, 2.75) is 44.4 Å². The molecule has 2 aliphatic rings. The molecule has 2 atom stereocenters. The number of amides is 2. The van der Waals surface area contributed by atoms with Gasteiger partial charge in [-0.25, -0.2) is 10.9 Å². The minimum atomic E-state index is -0.129. The molecule has 2 heterocycles. The lowest BCUT2D eigenvalue weighted by molar-refractivity contribution is -0.114. The number of piperidine rings is 1. The lowest BCUT2D eigenvalue weighted by Gasteiger charge is -2.35. The lowest BCUT2D eigenvalue weighted by Crippen LogP contribution is -2.51. The fraction of sp³-hybridized carbons (Fsp3) is 0.391. The molecular weight excluding hydrogens is 414 g/mol. The van der Waals surface area contributed by atoms with Gasteiger partial charge in [-0.3, -0.25) is 14.5 Å². The second-order valence-corrected chi connectivity index (χ2v) is 8.62. The average molecular weight is 442 g/mol. The van der Waals surface area contributed by atoms with E-state index in [9.17, 15) is 9.59 Å². The number of nitrogens with one attached hydrogen (secondary N) is 4. The predicted molar refractivity (Wildman–Crippen MR) is 122 cm³/mol. The third-order valence-corrected chi connectivity index (χ3v) is 6.18. The molecule has 4 N–H and O–H groups in total. The standard InChI is InChI=1S/C23H28ClN5O2/c1-15(30)25-19-8-4-17(5-9-19)23(31)26-20-10-12-29(13-11-20)22-14-21(27-28-22)16-2-6-18(24)7-3-16/h2-9,20-22,27-28H,10-14H2,1H3,(H,25,30)(H,26,31). The van der Waals surface area contributed by atoms with Crippen LogP contribution < -0.4 is 21.5 Å². The Bertz CT molecular complexity index is 911. The Morgan fingerprint density at radius 2 is 1.68 bits per heavy atom. The number of nitrogens with zero attached hydrogens (tertiary/aromatic N) is 1. The number of carbonyl (C=O) groups is 2. The van der Waals surface area contributed by atoms with Crippen LogP contribution in [0.1, 0.15) is 48.1 Å². The molecule has 2 saturated heterocycles. The van der Waals surface area contributed by atoms with Crippen LogP contribution in [0.4, 0.5) is 5.69 Å². The van der Waals surface area contributed by atoms with Gasteiger partial charge in [-0.2, -0.15) is 0 Å². The predicted octanol–water partition coefficient (Wildman–Crippen LogP) is 3.06. The Kier molecular flexibility index (Phi) is 6.87. The molecule has 2 amide bonds. The van der Waals surface area contributed by atoms with Crippen molar-refractivity contribution in [1.82, 2.24) is 21.1 Å². The van der Waals surface area contributed by atoms with E-state index in [0.717, 1.165) is 37.4 Å². The normalized spacial score (nSPS) is 22.3. The molecule has 0 radical (unpaired) electrons. The number of benzene rings is 2. The second-order valence-electron chi connectivity index (χ2n) is 8.19. The van der Waals surface area contributed by atoms with Gasteiger partial charge in [-0.05, 0) is 61.2 Å². The molecule has 0 aromatic heterocycles. The fourth-order valence-corrected chi connectivity index (χ4v) is 4.35. The molecule has 8 heteroatoms. The van der Waals surface area contributed by atoms with Crippen LogP contribution in [0.5, 0.6) is 0 Å². The minimum Gasteiger partial charge on any atom is -0.349 e. The molecule has 7 nitrogen and oxygen atoms in total. The Morgan fingerprint density at radius 3 is 2.32 bits per heavy atom. The van der Waals surface area contributed by atoms with Gasteiger partial charge in [0.2, 0.25) is 5.91 Å². The van der Waals surface area contributed by atoms with E-state index in [-0.39, 0.29) is 30.1 Å². The molecule has 2 aromatic carbocycles. The first-order chi connectivity index (χ1) is 15.0. The molecule has 31 heavy (non-hydrogen) atoms. The van der Waals surface area contributed by atoms with Crippen molar-refractivity contribution >= 4 is 29.1 Å². The van der Waals surface area contributed by atoms with Gasteiger partial charge >= 0.3 is 0 Å². The zero-order valence-electron chi connectivity index (χ0n) is 17.5. The van der Waals surface area contributed by atoms with Gasteiger partial charge in [0.05, 0.1) is 6.17 Å². The van der Waals surface area contributed by atoms with Gasteiger partial charge in [0.1, 0.15) is 0 Å². The molecular formula is C23H28ClN5O2. The third kappa shape index (κ3) is 5.62. The van der Waals surface area contributed by atoms with E-state index in [0.29, 0.717) is 11.3 Å². The number of anilines is 1. The van der Waals surface area contributed by atoms with Crippen LogP contribution in [0, 0.1) is 0 Å². The number of halogens is 1. The van der Waals surface area contributed by atoms with Gasteiger partial charge in [0, 0.05) is 48.4 Å². The van der Waals surface area contributed by atoms with E-state index in [1.54, 1.807) is 24.3 Å². The van der Waals surface area contributed by atoms with Gasteiger partial charge in [-0.15, -0.1) is 0 Å². The number of hydrogen-bond acceptors (Lipinski definition) is 5. The van der Waals surface area contributed by atoms with E-state index in [4.69, 9.17) is 11.6 Å². The molecule has 0 saturated carbocycles. The van der Waals surface area contributed by atoms with Crippen molar-refractivity contribution in [3.63, 3.8) is 0 Å². The summed E-state index contributed by atoms with van der Waals surface area (Å²) in [6, 6.07) is 15.4. The fourth-order valence-electron chi connectivity index (χ4n) is 4.23. The second kappa shape index (κ2) is 9.78. The highest BCUT2D eigenvalue weighted by Crippen LogP contribution is 2.26.